The molecule has 7 nitrogen and oxygen atoms in total. The highest BCUT2D eigenvalue weighted by atomic mass is 16.5. The van der Waals surface area contributed by atoms with Crippen LogP contribution in [0.3, 0.4) is 0 Å². The molecule has 1 aromatic heterocycles. The highest BCUT2D eigenvalue weighted by Crippen LogP contribution is 2.17. The van der Waals surface area contributed by atoms with Crippen LogP contribution < -0.4 is 5.32 Å². The molecule has 7 heteroatoms. The highest BCUT2D eigenvalue weighted by molar-refractivity contribution is 6.01. The van der Waals surface area contributed by atoms with Crippen LogP contribution in [0.25, 0.3) is 11.5 Å². The maximum Gasteiger partial charge on any atom is 0.263 e. The van der Waals surface area contributed by atoms with Crippen molar-refractivity contribution in [3.05, 3.63) is 30.3 Å². The quantitative estimate of drug-likeness (QED) is 0.833. The van der Waals surface area contributed by atoms with Crippen molar-refractivity contribution in [3.63, 3.8) is 0 Å². The smallest absolute Gasteiger partial charge is 0.263 e. The summed E-state index contributed by atoms with van der Waals surface area (Å²) in [7, 11) is 0. The van der Waals surface area contributed by atoms with Crippen LogP contribution in [-0.2, 0) is 9.59 Å². The second-order valence-corrected chi connectivity index (χ2v) is 4.66. The van der Waals surface area contributed by atoms with Gasteiger partial charge in [0.15, 0.2) is 0 Å². The van der Waals surface area contributed by atoms with Crippen LogP contribution in [0.15, 0.2) is 34.9 Å². The first-order chi connectivity index (χ1) is 10.2. The summed E-state index contributed by atoms with van der Waals surface area (Å²) < 4.78 is 5.14. The number of likely N-dealkylation sites (tertiary alicyclic amines) is 1. The summed E-state index contributed by atoms with van der Waals surface area (Å²) in [5, 5.41) is 6.75. The van der Waals surface area contributed by atoms with E-state index in [9.17, 15) is 9.59 Å². The van der Waals surface area contributed by atoms with Crippen LogP contribution in [0.4, 0.5) is 5.95 Å². The summed E-state index contributed by atoms with van der Waals surface area (Å²) in [6, 6.07) is 9.43. The Kier molecular flexibility index (Phi) is 3.63. The first-order valence-electron chi connectivity index (χ1n) is 6.70. The second kappa shape index (κ2) is 5.74. The monoisotopic (exact) mass is 286 g/mol. The number of amides is 2. The van der Waals surface area contributed by atoms with Gasteiger partial charge in [-0.1, -0.05) is 18.2 Å². The molecule has 1 saturated heterocycles. The zero-order valence-corrected chi connectivity index (χ0v) is 11.3. The molecule has 0 spiro atoms. The van der Waals surface area contributed by atoms with Gasteiger partial charge in [0.1, 0.15) is 0 Å². The van der Waals surface area contributed by atoms with E-state index in [1.54, 1.807) is 0 Å². The minimum Gasteiger partial charge on any atom is -0.350 e. The maximum atomic E-state index is 11.4. The zero-order valence-electron chi connectivity index (χ0n) is 11.3. The Morgan fingerprint density at radius 2 is 1.86 bits per heavy atom. The lowest BCUT2D eigenvalue weighted by Crippen LogP contribution is -2.33. The van der Waals surface area contributed by atoms with Crippen LogP contribution in [0.2, 0.25) is 0 Å². The van der Waals surface area contributed by atoms with Crippen LogP contribution >= 0.6 is 0 Å². The van der Waals surface area contributed by atoms with Gasteiger partial charge < -0.3 is 9.84 Å². The molecule has 1 fully saturated rings. The van der Waals surface area contributed by atoms with Crippen molar-refractivity contribution in [1.29, 1.82) is 0 Å². The molecule has 1 N–H and O–H groups in total. The summed E-state index contributed by atoms with van der Waals surface area (Å²) in [4.78, 5) is 28.3. The van der Waals surface area contributed by atoms with Gasteiger partial charge in [0.25, 0.3) is 11.8 Å². The van der Waals surface area contributed by atoms with Gasteiger partial charge in [-0.25, -0.2) is 0 Å². The Hall–Kier alpha value is -2.70. The van der Waals surface area contributed by atoms with Crippen molar-refractivity contribution in [2.45, 2.75) is 12.8 Å². The summed E-state index contributed by atoms with van der Waals surface area (Å²) >= 11 is 0. The summed E-state index contributed by atoms with van der Waals surface area (Å²) in [5.74, 6) is 0.513. The van der Waals surface area contributed by atoms with Crippen molar-refractivity contribution in [3.8, 4) is 11.5 Å². The molecular formula is C14H14N4O3. The molecule has 0 atom stereocenters. The van der Waals surface area contributed by atoms with E-state index in [0.717, 1.165) is 5.56 Å². The minimum absolute atomic E-state index is 0.125. The van der Waals surface area contributed by atoms with E-state index in [1.807, 2.05) is 30.3 Å². The van der Waals surface area contributed by atoms with Crippen LogP contribution in [-0.4, -0.2) is 39.9 Å². The molecule has 0 aliphatic carbocycles. The number of benzene rings is 1. The topological polar surface area (TPSA) is 88.3 Å². The standard InChI is InChI=1S/C14H14N4O3/c19-11-6-7-12(20)18(11)9-8-15-14-16-13(21-17-14)10-4-2-1-3-5-10/h1-5H,6-9H2,(H,15,17). The van der Waals surface area contributed by atoms with Crippen molar-refractivity contribution in [2.75, 3.05) is 18.4 Å². The van der Waals surface area contributed by atoms with Gasteiger partial charge in [0.05, 0.1) is 0 Å². The molecule has 1 aromatic carbocycles. The molecule has 2 aromatic rings. The lowest BCUT2D eigenvalue weighted by atomic mass is 10.2. The normalized spacial score (nSPS) is 14.8. The fourth-order valence-corrected chi connectivity index (χ4v) is 2.15. The summed E-state index contributed by atoms with van der Waals surface area (Å²) in [6.07, 6.45) is 0.610. The third-order valence-corrected chi connectivity index (χ3v) is 3.22. The molecule has 0 radical (unpaired) electrons. The summed E-state index contributed by atoms with van der Waals surface area (Å²) in [6.45, 7) is 0.706. The molecular weight excluding hydrogens is 272 g/mol. The van der Waals surface area contributed by atoms with Gasteiger partial charge in [-0.2, -0.15) is 4.98 Å². The van der Waals surface area contributed by atoms with Crippen LogP contribution in [0, 0.1) is 0 Å². The number of carbonyl (C=O) groups excluding carboxylic acids is 2. The van der Waals surface area contributed by atoms with E-state index in [4.69, 9.17) is 4.52 Å². The molecule has 1 aliphatic heterocycles. The number of nitrogens with zero attached hydrogens (tertiary/aromatic N) is 3. The van der Waals surface area contributed by atoms with Gasteiger partial charge in [-0.15, -0.1) is 0 Å². The molecule has 0 saturated carbocycles. The molecule has 2 amide bonds. The van der Waals surface area contributed by atoms with Crippen molar-refractivity contribution >= 4 is 17.8 Å². The van der Waals surface area contributed by atoms with Gasteiger partial charge in [0.2, 0.25) is 11.8 Å². The van der Waals surface area contributed by atoms with Gasteiger partial charge in [0, 0.05) is 31.5 Å². The zero-order chi connectivity index (χ0) is 14.7. The fourth-order valence-electron chi connectivity index (χ4n) is 2.15. The van der Waals surface area contributed by atoms with Crippen molar-refractivity contribution in [1.82, 2.24) is 15.0 Å². The van der Waals surface area contributed by atoms with Gasteiger partial charge in [-0.3, -0.25) is 14.5 Å². The molecule has 3 rings (SSSR count). The van der Waals surface area contributed by atoms with Crippen LogP contribution in [0.5, 0.6) is 0 Å². The number of aromatic nitrogens is 2. The molecule has 0 unspecified atom stereocenters. The van der Waals surface area contributed by atoms with Gasteiger partial charge >= 0.3 is 0 Å². The molecule has 2 heterocycles. The third kappa shape index (κ3) is 2.91. The molecule has 21 heavy (non-hydrogen) atoms. The Bertz CT molecular complexity index is 637. The SMILES string of the molecule is O=C1CCC(=O)N1CCNc1noc(-c2ccccc2)n1. The lowest BCUT2D eigenvalue weighted by molar-refractivity contribution is -0.138. The van der Waals surface area contributed by atoms with Crippen molar-refractivity contribution in [2.24, 2.45) is 0 Å². The molecule has 108 valence electrons. The molecule has 0 bridgehead atoms. The first kappa shape index (κ1) is 13.3. The third-order valence-electron chi connectivity index (χ3n) is 3.22. The number of hydrogen-bond acceptors (Lipinski definition) is 6. The summed E-state index contributed by atoms with van der Waals surface area (Å²) in [5.41, 5.74) is 0.836. The van der Waals surface area contributed by atoms with Crippen molar-refractivity contribution < 1.29 is 14.1 Å². The van der Waals surface area contributed by atoms with E-state index < -0.39 is 0 Å². The van der Waals surface area contributed by atoms with E-state index >= 15 is 0 Å². The number of anilines is 1. The Morgan fingerprint density at radius 1 is 1.14 bits per heavy atom. The average Bonchev–Trinajstić information content (AvgIpc) is 3.10. The Balaban J connectivity index is 1.56. The number of carbonyl (C=O) groups is 2. The van der Waals surface area contributed by atoms with E-state index in [0.29, 0.717) is 37.8 Å². The van der Waals surface area contributed by atoms with E-state index in [1.165, 1.54) is 4.90 Å². The predicted octanol–water partition coefficient (Wildman–Crippen LogP) is 1.30. The lowest BCUT2D eigenvalue weighted by Gasteiger charge is -2.12. The van der Waals surface area contributed by atoms with E-state index in [2.05, 4.69) is 15.5 Å². The van der Waals surface area contributed by atoms with Crippen LogP contribution in [0.1, 0.15) is 12.8 Å². The van der Waals surface area contributed by atoms with E-state index in [-0.39, 0.29) is 11.8 Å². The Labute approximate surface area is 120 Å². The highest BCUT2D eigenvalue weighted by Gasteiger charge is 2.28. The number of imide groups is 1. The minimum atomic E-state index is -0.125. The largest absolute Gasteiger partial charge is 0.350 e. The predicted molar refractivity (Wildman–Crippen MR) is 74.2 cm³/mol. The first-order valence-corrected chi connectivity index (χ1v) is 6.70. The fraction of sp³-hybridized carbons (Fsp3) is 0.286. The Morgan fingerprint density at radius 3 is 2.57 bits per heavy atom. The second-order valence-electron chi connectivity index (χ2n) is 4.66. The number of hydrogen-bond donors (Lipinski definition) is 1. The molecule has 1 aliphatic rings. The van der Waals surface area contributed by atoms with Gasteiger partial charge in [-0.05, 0) is 17.3 Å². The number of rotatable bonds is 5. The number of nitrogens with one attached hydrogen (secondary N) is 1. The maximum absolute atomic E-state index is 11.4. The average molecular weight is 286 g/mol.